The number of alkyl halides is 4. The third-order valence-corrected chi connectivity index (χ3v) is 14.4. The fraction of sp³-hybridized carbons (Fsp3) is 0.388. The number of carbonyl (C=O) groups is 5. The molecule has 0 aliphatic heterocycles. The molecule has 0 fully saturated rings. The predicted octanol–water partition coefficient (Wildman–Crippen LogP) is 23.1. The van der Waals surface area contributed by atoms with Crippen LogP contribution in [-0.2, 0) is 25.6 Å². The monoisotopic (exact) mass is 1580 g/mol. The summed E-state index contributed by atoms with van der Waals surface area (Å²) in [6.07, 6.45) is 0.489. The fourth-order valence-electron chi connectivity index (χ4n) is 8.17. The summed E-state index contributed by atoms with van der Waals surface area (Å²) in [4.78, 5) is 66.6. The maximum atomic E-state index is 12.5. The third kappa shape index (κ3) is 44.3. The van der Waals surface area contributed by atoms with Gasteiger partial charge in [-0.05, 0) is 226 Å². The summed E-state index contributed by atoms with van der Waals surface area (Å²) < 4.78 is 118. The van der Waals surface area contributed by atoms with Gasteiger partial charge >= 0.3 is 37.0 Å². The van der Waals surface area contributed by atoms with E-state index in [9.17, 15) is 50.7 Å². The highest BCUT2D eigenvalue weighted by molar-refractivity contribution is 7.12. The Bertz CT molecular complexity index is 4080. The van der Waals surface area contributed by atoms with Crippen LogP contribution in [0.1, 0.15) is 206 Å². The van der Waals surface area contributed by atoms with Crippen LogP contribution in [0.2, 0.25) is 5.02 Å². The van der Waals surface area contributed by atoms with E-state index in [1.54, 1.807) is 111 Å². The number of esters is 3. The number of rotatable bonds is 23. The minimum absolute atomic E-state index is 0.0109. The second-order valence-corrected chi connectivity index (χ2v) is 27.1. The summed E-state index contributed by atoms with van der Waals surface area (Å²) in [6, 6.07) is 48.2. The molecule has 110 heavy (non-hydrogen) atoms. The number of benzene rings is 6. The molecule has 18 nitrogen and oxygen atoms in total. The minimum Gasteiger partial charge on any atom is -0.491 e. The number of aryl methyl sites for hydroxylation is 2. The zero-order valence-electron chi connectivity index (χ0n) is 66.5. The molecule has 0 unspecified atom stereocenters. The zero-order chi connectivity index (χ0) is 83.2. The third-order valence-electron chi connectivity index (χ3n) is 13.3. The van der Waals surface area contributed by atoms with Gasteiger partial charge in [0, 0.05) is 29.8 Å². The minimum atomic E-state index is -2.80. The van der Waals surface area contributed by atoms with Gasteiger partial charge in [0.05, 0.1) is 54.1 Å². The second kappa shape index (κ2) is 53.6. The van der Waals surface area contributed by atoms with Crippen molar-refractivity contribution in [2.24, 2.45) is 11.8 Å². The normalized spacial score (nSPS) is 10.3. The predicted molar refractivity (Wildman–Crippen MR) is 419 cm³/mol. The van der Waals surface area contributed by atoms with Gasteiger partial charge in [-0.25, -0.2) is 18.8 Å². The fourth-order valence-corrected chi connectivity index (χ4v) is 9.16. The van der Waals surface area contributed by atoms with Crippen LogP contribution in [0.15, 0.2) is 193 Å². The van der Waals surface area contributed by atoms with Crippen molar-refractivity contribution in [1.82, 2.24) is 0 Å². The molecule has 602 valence electrons. The average Bonchev–Trinajstić information content (AvgIpc) is 1.71. The van der Waals surface area contributed by atoms with E-state index in [4.69, 9.17) is 39.7 Å². The molecule has 9 aromatic rings. The van der Waals surface area contributed by atoms with E-state index in [-0.39, 0.29) is 89.4 Å². The van der Waals surface area contributed by atoms with Crippen molar-refractivity contribution in [1.29, 1.82) is 0 Å². The first-order valence-corrected chi connectivity index (χ1v) is 36.6. The van der Waals surface area contributed by atoms with Gasteiger partial charge < -0.3 is 55.9 Å². The first-order chi connectivity index (χ1) is 51.7. The molecular formula is C85H106ClF5O18S. The number of hydrogen-bond acceptors (Lipinski definition) is 19. The summed E-state index contributed by atoms with van der Waals surface area (Å²) in [6.45, 7) is 32.4. The van der Waals surface area contributed by atoms with Gasteiger partial charge in [-0.1, -0.05) is 109 Å². The molecule has 0 amide bonds. The van der Waals surface area contributed by atoms with Crippen LogP contribution < -0.4 is 34.2 Å². The number of methoxy groups -OCH3 is 1. The van der Waals surface area contributed by atoms with Gasteiger partial charge in [-0.3, -0.25) is 14.4 Å². The van der Waals surface area contributed by atoms with Gasteiger partial charge in [-0.15, -0.1) is 11.3 Å². The Morgan fingerprint density at radius 1 is 0.464 bits per heavy atom. The van der Waals surface area contributed by atoms with Crippen molar-refractivity contribution in [3.8, 4) is 34.5 Å². The quantitative estimate of drug-likeness (QED) is 0.0251. The number of hydrogen-bond donors (Lipinski definition) is 0. The first-order valence-electron chi connectivity index (χ1n) is 35.4. The molecule has 3 heterocycles. The molecule has 0 atom stereocenters. The summed E-state index contributed by atoms with van der Waals surface area (Å²) >= 11 is 7.26. The molecule has 0 bridgehead atoms. The molecule has 3 aromatic heterocycles. The lowest BCUT2D eigenvalue weighted by molar-refractivity contribution is -0.142. The first kappa shape index (κ1) is 97.8. The Balaban J connectivity index is 0.000000621. The number of halogens is 6. The van der Waals surface area contributed by atoms with Crippen molar-refractivity contribution in [3.05, 3.63) is 247 Å². The molecule has 9 rings (SSSR count). The highest BCUT2D eigenvalue weighted by Crippen LogP contribution is 2.25. The number of ketones is 2. The van der Waals surface area contributed by atoms with Crippen molar-refractivity contribution >= 4 is 52.4 Å². The van der Waals surface area contributed by atoms with Crippen LogP contribution in [0, 0.1) is 31.5 Å². The molecule has 0 saturated carbocycles. The van der Waals surface area contributed by atoms with Gasteiger partial charge in [0.15, 0.2) is 29.7 Å². The van der Waals surface area contributed by atoms with E-state index in [1.807, 2.05) is 158 Å². The van der Waals surface area contributed by atoms with E-state index in [0.717, 1.165) is 39.0 Å². The highest BCUT2D eigenvalue weighted by Gasteiger charge is 2.15. The molecule has 0 N–H and O–H groups in total. The Labute approximate surface area is 652 Å². The highest BCUT2D eigenvalue weighted by atomic mass is 35.5. The maximum absolute atomic E-state index is 12.5. The number of Topliss-reactive ketones (excluding diaryl/α,β-unsaturated/α-hetero) is 2. The Morgan fingerprint density at radius 3 is 1.27 bits per heavy atom. The lowest BCUT2D eigenvalue weighted by Crippen LogP contribution is -2.07. The van der Waals surface area contributed by atoms with Crippen LogP contribution in [0.25, 0.3) is 0 Å². The van der Waals surface area contributed by atoms with E-state index in [1.165, 1.54) is 49.6 Å². The van der Waals surface area contributed by atoms with Crippen LogP contribution in [0.5, 0.6) is 34.5 Å². The molecule has 6 aromatic carbocycles. The van der Waals surface area contributed by atoms with Crippen LogP contribution in [-0.4, -0.2) is 80.8 Å². The molecule has 0 spiro atoms. The molecule has 0 saturated heterocycles. The average molecular weight is 1580 g/mol. The number of carbonyl (C=O) groups excluding carboxylic acids is 5. The molecule has 25 heteroatoms. The lowest BCUT2D eigenvalue weighted by atomic mass is 10.0. The second-order valence-electron chi connectivity index (χ2n) is 25.7. The number of ether oxygens (including phenoxy) is 9. The summed E-state index contributed by atoms with van der Waals surface area (Å²) in [5.74, 6) is 4.23. The van der Waals surface area contributed by atoms with Gasteiger partial charge in [-0.2, -0.15) is 17.6 Å². The van der Waals surface area contributed by atoms with Gasteiger partial charge in [0.2, 0.25) is 5.78 Å². The summed E-state index contributed by atoms with van der Waals surface area (Å²) in [5, 5.41) is 2.64. The lowest BCUT2D eigenvalue weighted by Gasteiger charge is -2.11. The number of thiophene rings is 1. The van der Waals surface area contributed by atoms with Crippen LogP contribution in [0.4, 0.5) is 22.0 Å². The van der Waals surface area contributed by atoms with E-state index in [0.29, 0.717) is 51.9 Å². The molecule has 0 aliphatic carbocycles. The topological polar surface area (TPSA) is 225 Å². The van der Waals surface area contributed by atoms with Crippen molar-refractivity contribution < 1.29 is 102 Å². The van der Waals surface area contributed by atoms with E-state index in [2.05, 4.69) is 41.6 Å². The largest absolute Gasteiger partial charge is 0.519 e. The van der Waals surface area contributed by atoms with Crippen LogP contribution >= 0.6 is 22.9 Å². The summed E-state index contributed by atoms with van der Waals surface area (Å²) in [7, 11) is 1.36. The Kier molecular flexibility index (Phi) is 47.6. The van der Waals surface area contributed by atoms with E-state index >= 15 is 0 Å². The molecule has 0 aliphatic rings. The number of furan rings is 1. The van der Waals surface area contributed by atoms with Crippen LogP contribution in [0.3, 0.4) is 0 Å². The maximum Gasteiger partial charge on any atom is 0.519 e. The standard InChI is InChI=1S/C12H16O3.C11H14O3.C10H12F2O2.C10H12F2O.C9H11ClO.C9H11F.C9H12O2.C8H10OS.C7H8O5/c1-4-14-12(13)10-5-7-11(8-6-10)15-9(2)3;1-8(2)14-10-6-4-9(5-7-10)11(12)13-3;1-7(2)13-8-4-3-5-9(6-8)14-10(11)12;1-7(2)8-4-3-5-9(6-8)13-10(11)12;1-7(2)11-9-5-3-4-8(10)6-9;1-7(2)8-4-3-5-9(10)6-8;1-6(2)9(10)8-5-4-7(3)11-8;1-6(2)8(9)7-4-3-5-10-7;1-4-6(3-10-5(2)8)12-7(9)11-4/h5-9H,4H2,1-3H3;4-8H,1-3H3;3-7,10H,1-2H3;3-7,10H,1-2H3;3-7H,1-2H3;3-7H,1-2H3;4-6H,1-3H3;3-6H,1-2H3;3H2,1-2H3. The molecule has 0 radical (unpaired) electrons. The summed E-state index contributed by atoms with van der Waals surface area (Å²) in [5.41, 5.74) is 3.13. The Hall–Kier alpha value is -10.2. The smallest absolute Gasteiger partial charge is 0.491 e. The van der Waals surface area contributed by atoms with Crippen molar-refractivity contribution in [2.45, 2.75) is 195 Å². The van der Waals surface area contributed by atoms with Gasteiger partial charge in [0.25, 0.3) is 0 Å². The Morgan fingerprint density at radius 2 is 0.900 bits per heavy atom. The van der Waals surface area contributed by atoms with Crippen molar-refractivity contribution in [2.75, 3.05) is 13.7 Å². The van der Waals surface area contributed by atoms with E-state index < -0.39 is 25.0 Å². The SMILES string of the molecule is CC(=O)OCc1oc(=O)oc1C.CC(C)C(=O)c1cccs1.CC(C)Oc1cccc(Cl)c1.CC(C)Oc1cccc(OC(F)F)c1.CC(C)c1cccc(F)c1.CC(C)c1cccc(OC(F)F)c1.CCOC(=O)c1ccc(OC(C)C)cc1.COC(=O)c1ccc(OC(C)C)cc1.Cc1ccc(C(=O)C(C)C)o1. The molecular weight excluding hydrogens is 1470 g/mol. The van der Waals surface area contributed by atoms with Gasteiger partial charge in [0.1, 0.15) is 46.1 Å². The zero-order valence-corrected chi connectivity index (χ0v) is 68.0. The van der Waals surface area contributed by atoms with Crippen molar-refractivity contribution in [3.63, 3.8) is 0 Å².